The van der Waals surface area contributed by atoms with Gasteiger partial charge in [-0.15, -0.1) is 0 Å². The van der Waals surface area contributed by atoms with Gasteiger partial charge in [-0.25, -0.2) is 4.98 Å². The fraction of sp³-hybridized carbons (Fsp3) is 0.459. The predicted octanol–water partition coefficient (Wildman–Crippen LogP) is 6.84. The highest BCUT2D eigenvalue weighted by atomic mass is 16.1. The Morgan fingerprint density at radius 1 is 1.05 bits per heavy atom. The Bertz CT molecular complexity index is 1540. The zero-order valence-electron chi connectivity index (χ0n) is 27.4. The van der Waals surface area contributed by atoms with Crippen molar-refractivity contribution >= 4 is 17.2 Å². The molecule has 1 aliphatic carbocycles. The standard InChI is InChI=1S/C37H50N6O/c1-8-43(28(6)29-11-9-10-12-29)35-21-31(30-13-14-36(40-22-30)42-17-15-32(38-7)16-18-42)20-33(26(35)4)27(5)39-23-34-24(2)19-25(3)41-37(34)44/h13-14,19-22,29,32,38-39H,5-6,8-12,15-18,23H2,1-4,7H3,(H,41,44). The fourth-order valence-corrected chi connectivity index (χ4v) is 7.00. The van der Waals surface area contributed by atoms with Gasteiger partial charge in [0.2, 0.25) is 0 Å². The van der Waals surface area contributed by atoms with Crippen LogP contribution in [0.15, 0.2) is 60.2 Å². The molecule has 7 heteroatoms. The second-order valence-electron chi connectivity index (χ2n) is 12.6. The van der Waals surface area contributed by atoms with Crippen LogP contribution in [0.5, 0.6) is 0 Å². The van der Waals surface area contributed by atoms with Crippen LogP contribution in [-0.4, -0.2) is 42.7 Å². The smallest absolute Gasteiger partial charge is 0.253 e. The van der Waals surface area contributed by atoms with E-state index in [1.165, 1.54) is 31.4 Å². The first-order chi connectivity index (χ1) is 21.2. The van der Waals surface area contributed by atoms with E-state index in [0.29, 0.717) is 18.5 Å². The number of hydrogen-bond donors (Lipinski definition) is 3. The van der Waals surface area contributed by atoms with Crippen LogP contribution < -0.4 is 26.0 Å². The average molecular weight is 595 g/mol. The fourth-order valence-electron chi connectivity index (χ4n) is 7.00. The minimum absolute atomic E-state index is 0.0553. The van der Waals surface area contributed by atoms with E-state index in [1.807, 2.05) is 33.2 Å². The third kappa shape index (κ3) is 6.78. The van der Waals surface area contributed by atoms with Gasteiger partial charge in [-0.1, -0.05) is 26.0 Å². The van der Waals surface area contributed by atoms with Gasteiger partial charge in [0.25, 0.3) is 5.56 Å². The molecule has 1 aromatic carbocycles. The van der Waals surface area contributed by atoms with E-state index in [-0.39, 0.29) is 5.56 Å². The Balaban J connectivity index is 1.48. The van der Waals surface area contributed by atoms with E-state index in [4.69, 9.17) is 4.98 Å². The van der Waals surface area contributed by atoms with Gasteiger partial charge in [-0.3, -0.25) is 4.79 Å². The number of piperidine rings is 1. The quantitative estimate of drug-likeness (QED) is 0.226. The van der Waals surface area contributed by atoms with Crippen molar-refractivity contribution in [3.05, 3.63) is 93.7 Å². The second kappa shape index (κ2) is 13.9. The SMILES string of the molecule is C=C(NCc1c(C)cc(C)[nH]c1=O)c1cc(-c2ccc(N3CCC(NC)CC3)nc2)cc(N(CC)C(=C)C2CCCC2)c1C. The number of nitrogens with zero attached hydrogens (tertiary/aromatic N) is 3. The number of H-pyrrole nitrogens is 1. The number of hydrogen-bond acceptors (Lipinski definition) is 6. The molecule has 1 saturated carbocycles. The molecule has 2 fully saturated rings. The highest BCUT2D eigenvalue weighted by molar-refractivity contribution is 5.80. The number of pyridine rings is 2. The maximum atomic E-state index is 12.7. The van der Waals surface area contributed by atoms with Crippen LogP contribution in [0.1, 0.15) is 73.4 Å². The molecule has 3 aromatic rings. The van der Waals surface area contributed by atoms with Crippen molar-refractivity contribution in [1.29, 1.82) is 0 Å². The Hall–Kier alpha value is -3.84. The number of aromatic amines is 1. The third-order valence-electron chi connectivity index (χ3n) is 9.77. The Labute approximate surface area is 263 Å². The molecule has 0 bridgehead atoms. The summed E-state index contributed by atoms with van der Waals surface area (Å²) in [5.74, 6) is 1.55. The van der Waals surface area contributed by atoms with Crippen LogP contribution in [0.3, 0.4) is 0 Å². The first kappa shape index (κ1) is 31.6. The van der Waals surface area contributed by atoms with Crippen molar-refractivity contribution in [2.24, 2.45) is 5.92 Å². The lowest BCUT2D eigenvalue weighted by Crippen LogP contribution is -2.41. The monoisotopic (exact) mass is 594 g/mol. The van der Waals surface area contributed by atoms with E-state index >= 15 is 0 Å². The van der Waals surface area contributed by atoms with Crippen LogP contribution >= 0.6 is 0 Å². The van der Waals surface area contributed by atoms with Crippen molar-refractivity contribution in [2.45, 2.75) is 78.8 Å². The number of anilines is 2. The Morgan fingerprint density at radius 2 is 1.77 bits per heavy atom. The number of allylic oxidation sites excluding steroid dienone is 1. The van der Waals surface area contributed by atoms with E-state index in [1.54, 1.807) is 0 Å². The molecule has 3 heterocycles. The number of rotatable bonds is 11. The lowest BCUT2D eigenvalue weighted by molar-refractivity contribution is 0.441. The summed E-state index contributed by atoms with van der Waals surface area (Å²) >= 11 is 0. The predicted molar refractivity (Wildman–Crippen MR) is 185 cm³/mol. The largest absolute Gasteiger partial charge is 0.381 e. The molecule has 1 aliphatic heterocycles. The van der Waals surface area contributed by atoms with Crippen LogP contribution in [0.4, 0.5) is 11.5 Å². The molecule has 0 amide bonds. The molecule has 2 aromatic heterocycles. The van der Waals surface area contributed by atoms with Gasteiger partial charge >= 0.3 is 0 Å². The molecule has 5 rings (SSSR count). The number of aryl methyl sites for hydroxylation is 2. The van der Waals surface area contributed by atoms with Crippen molar-refractivity contribution in [3.8, 4) is 11.1 Å². The molecule has 2 aliphatic rings. The average Bonchev–Trinajstić information content (AvgIpc) is 3.57. The maximum absolute atomic E-state index is 12.7. The van der Waals surface area contributed by atoms with E-state index in [2.05, 4.69) is 76.7 Å². The summed E-state index contributed by atoms with van der Waals surface area (Å²) in [5.41, 5.74) is 10.0. The van der Waals surface area contributed by atoms with Gasteiger partial charge in [0.1, 0.15) is 5.82 Å². The van der Waals surface area contributed by atoms with Gasteiger partial charge in [0.05, 0.1) is 0 Å². The minimum atomic E-state index is -0.0553. The molecule has 7 nitrogen and oxygen atoms in total. The van der Waals surface area contributed by atoms with Crippen molar-refractivity contribution in [2.75, 3.05) is 36.5 Å². The second-order valence-corrected chi connectivity index (χ2v) is 12.6. The third-order valence-corrected chi connectivity index (χ3v) is 9.77. The van der Waals surface area contributed by atoms with Crippen molar-refractivity contribution in [1.82, 2.24) is 20.6 Å². The van der Waals surface area contributed by atoms with Crippen LogP contribution in [0.25, 0.3) is 16.8 Å². The minimum Gasteiger partial charge on any atom is -0.381 e. The lowest BCUT2D eigenvalue weighted by atomic mass is 9.95. The topological polar surface area (TPSA) is 76.3 Å². The summed E-state index contributed by atoms with van der Waals surface area (Å²) in [6.07, 6.45) is 9.22. The normalized spacial score (nSPS) is 15.9. The van der Waals surface area contributed by atoms with Gasteiger partial charge in [0.15, 0.2) is 0 Å². The highest BCUT2D eigenvalue weighted by Crippen LogP contribution is 2.39. The van der Waals surface area contributed by atoms with E-state index in [0.717, 1.165) is 88.8 Å². The number of nitrogens with one attached hydrogen (secondary N) is 3. The lowest BCUT2D eigenvalue weighted by Gasteiger charge is -2.33. The molecular formula is C37H50N6O. The molecule has 234 valence electrons. The molecule has 0 radical (unpaired) electrons. The van der Waals surface area contributed by atoms with Gasteiger partial charge in [0, 0.05) is 77.9 Å². The van der Waals surface area contributed by atoms with Gasteiger partial charge in [-0.05, 0) is 113 Å². The Kier molecular flexibility index (Phi) is 9.94. The summed E-state index contributed by atoms with van der Waals surface area (Å²) in [6.45, 7) is 20.6. The molecule has 3 N–H and O–H groups in total. The van der Waals surface area contributed by atoms with E-state index < -0.39 is 0 Å². The summed E-state index contributed by atoms with van der Waals surface area (Å²) in [4.78, 5) is 25.4. The van der Waals surface area contributed by atoms with Crippen LogP contribution in [0, 0.1) is 26.7 Å². The first-order valence-corrected chi connectivity index (χ1v) is 16.3. The van der Waals surface area contributed by atoms with Crippen molar-refractivity contribution < 1.29 is 0 Å². The molecule has 0 spiro atoms. The zero-order chi connectivity index (χ0) is 31.4. The number of aromatic nitrogens is 2. The van der Waals surface area contributed by atoms with Crippen molar-refractivity contribution in [3.63, 3.8) is 0 Å². The van der Waals surface area contributed by atoms with Gasteiger partial charge in [-0.2, -0.15) is 0 Å². The summed E-state index contributed by atoms with van der Waals surface area (Å²) in [7, 11) is 2.05. The zero-order valence-corrected chi connectivity index (χ0v) is 27.4. The summed E-state index contributed by atoms with van der Waals surface area (Å²) in [5, 5.41) is 6.89. The molecular weight excluding hydrogens is 544 g/mol. The van der Waals surface area contributed by atoms with Crippen LogP contribution in [0.2, 0.25) is 0 Å². The van der Waals surface area contributed by atoms with Gasteiger partial charge < -0.3 is 25.4 Å². The maximum Gasteiger partial charge on any atom is 0.253 e. The Morgan fingerprint density at radius 3 is 2.39 bits per heavy atom. The van der Waals surface area contributed by atoms with Crippen LogP contribution in [-0.2, 0) is 6.54 Å². The molecule has 0 unspecified atom stereocenters. The molecule has 0 atom stereocenters. The molecule has 1 saturated heterocycles. The summed E-state index contributed by atoms with van der Waals surface area (Å²) < 4.78 is 0. The summed E-state index contributed by atoms with van der Waals surface area (Å²) in [6, 6.07) is 11.5. The molecule has 44 heavy (non-hydrogen) atoms. The highest BCUT2D eigenvalue weighted by Gasteiger charge is 2.25. The first-order valence-electron chi connectivity index (χ1n) is 16.3. The number of benzene rings is 1. The van der Waals surface area contributed by atoms with E-state index in [9.17, 15) is 4.79 Å².